The minimum atomic E-state index is 0.0441. The number of hydrogen-bond donors (Lipinski definition) is 2. The summed E-state index contributed by atoms with van der Waals surface area (Å²) < 4.78 is 5.26. The SMILES string of the molecule is CCCCC(CN)NC(=O)CCOCCC. The third-order valence-electron chi connectivity index (χ3n) is 2.38. The summed E-state index contributed by atoms with van der Waals surface area (Å²) in [7, 11) is 0. The Balaban J connectivity index is 3.57. The van der Waals surface area contributed by atoms with Gasteiger partial charge in [0, 0.05) is 25.6 Å². The van der Waals surface area contributed by atoms with Crippen LogP contribution in [0.15, 0.2) is 0 Å². The maximum absolute atomic E-state index is 11.5. The molecule has 96 valence electrons. The average Bonchev–Trinajstić information content (AvgIpc) is 2.30. The Morgan fingerprint density at radius 3 is 2.62 bits per heavy atom. The second kappa shape index (κ2) is 10.9. The van der Waals surface area contributed by atoms with Gasteiger partial charge in [-0.25, -0.2) is 0 Å². The predicted octanol–water partition coefficient (Wildman–Crippen LogP) is 1.44. The van der Waals surface area contributed by atoms with E-state index in [0.29, 0.717) is 19.6 Å². The standard InChI is InChI=1S/C12H26N2O2/c1-3-5-6-11(10-13)14-12(15)7-9-16-8-4-2/h11H,3-10,13H2,1-2H3,(H,14,15). The molecule has 0 heterocycles. The van der Waals surface area contributed by atoms with Crippen molar-refractivity contribution in [2.45, 2.75) is 52.0 Å². The van der Waals surface area contributed by atoms with Crippen LogP contribution in [0.25, 0.3) is 0 Å². The fourth-order valence-electron chi connectivity index (χ4n) is 1.41. The van der Waals surface area contributed by atoms with Crippen LogP contribution in [0.1, 0.15) is 46.0 Å². The highest BCUT2D eigenvalue weighted by molar-refractivity contribution is 5.76. The Kier molecular flexibility index (Phi) is 10.5. The van der Waals surface area contributed by atoms with Crippen LogP contribution >= 0.6 is 0 Å². The maximum atomic E-state index is 11.5. The van der Waals surface area contributed by atoms with Crippen LogP contribution in [0.5, 0.6) is 0 Å². The lowest BCUT2D eigenvalue weighted by atomic mass is 10.1. The Morgan fingerprint density at radius 2 is 2.06 bits per heavy atom. The molecular formula is C12H26N2O2. The molecule has 0 aromatic rings. The van der Waals surface area contributed by atoms with Gasteiger partial charge in [0.1, 0.15) is 0 Å². The van der Waals surface area contributed by atoms with Crippen molar-refractivity contribution in [1.82, 2.24) is 5.32 Å². The van der Waals surface area contributed by atoms with Crippen molar-refractivity contribution in [3.63, 3.8) is 0 Å². The highest BCUT2D eigenvalue weighted by Crippen LogP contribution is 1.99. The van der Waals surface area contributed by atoms with Gasteiger partial charge in [-0.05, 0) is 12.8 Å². The fraction of sp³-hybridized carbons (Fsp3) is 0.917. The first kappa shape index (κ1) is 15.4. The lowest BCUT2D eigenvalue weighted by Gasteiger charge is -2.16. The largest absolute Gasteiger partial charge is 0.381 e. The van der Waals surface area contributed by atoms with Crippen molar-refractivity contribution in [3.05, 3.63) is 0 Å². The molecule has 0 aromatic carbocycles. The van der Waals surface area contributed by atoms with Crippen molar-refractivity contribution in [2.24, 2.45) is 5.73 Å². The molecule has 4 nitrogen and oxygen atoms in total. The maximum Gasteiger partial charge on any atom is 0.222 e. The van der Waals surface area contributed by atoms with Crippen molar-refractivity contribution in [2.75, 3.05) is 19.8 Å². The molecular weight excluding hydrogens is 204 g/mol. The van der Waals surface area contributed by atoms with E-state index in [1.165, 1.54) is 0 Å². The number of ether oxygens (including phenoxy) is 1. The van der Waals surface area contributed by atoms with Crippen LogP contribution in [0.2, 0.25) is 0 Å². The predicted molar refractivity (Wildman–Crippen MR) is 66.2 cm³/mol. The molecule has 0 fully saturated rings. The van der Waals surface area contributed by atoms with Crippen molar-refractivity contribution in [1.29, 1.82) is 0 Å². The van der Waals surface area contributed by atoms with Crippen LogP contribution in [-0.4, -0.2) is 31.7 Å². The number of nitrogens with two attached hydrogens (primary N) is 1. The highest BCUT2D eigenvalue weighted by atomic mass is 16.5. The van der Waals surface area contributed by atoms with Gasteiger partial charge in [0.15, 0.2) is 0 Å². The number of unbranched alkanes of at least 4 members (excludes halogenated alkanes) is 1. The van der Waals surface area contributed by atoms with Crippen molar-refractivity contribution in [3.8, 4) is 0 Å². The number of rotatable bonds is 10. The fourth-order valence-corrected chi connectivity index (χ4v) is 1.41. The van der Waals surface area contributed by atoms with E-state index in [1.807, 2.05) is 0 Å². The Hall–Kier alpha value is -0.610. The summed E-state index contributed by atoms with van der Waals surface area (Å²) in [5, 5.41) is 2.93. The zero-order valence-corrected chi connectivity index (χ0v) is 10.6. The molecule has 0 radical (unpaired) electrons. The highest BCUT2D eigenvalue weighted by Gasteiger charge is 2.09. The molecule has 16 heavy (non-hydrogen) atoms. The molecule has 0 spiro atoms. The number of nitrogens with one attached hydrogen (secondary N) is 1. The average molecular weight is 230 g/mol. The van der Waals surface area contributed by atoms with Crippen LogP contribution in [0.3, 0.4) is 0 Å². The van der Waals surface area contributed by atoms with Crippen LogP contribution in [-0.2, 0) is 9.53 Å². The quantitative estimate of drug-likeness (QED) is 0.558. The first-order valence-corrected chi connectivity index (χ1v) is 6.31. The normalized spacial score (nSPS) is 12.4. The number of carbonyl (C=O) groups excluding carboxylic acids is 1. The molecule has 1 amide bonds. The Labute approximate surface area is 98.9 Å². The van der Waals surface area contributed by atoms with Gasteiger partial charge < -0.3 is 15.8 Å². The van der Waals surface area contributed by atoms with E-state index in [9.17, 15) is 4.79 Å². The number of carbonyl (C=O) groups is 1. The Morgan fingerprint density at radius 1 is 1.31 bits per heavy atom. The molecule has 1 unspecified atom stereocenters. The van der Waals surface area contributed by atoms with E-state index in [2.05, 4.69) is 19.2 Å². The van der Waals surface area contributed by atoms with E-state index in [4.69, 9.17) is 10.5 Å². The molecule has 3 N–H and O–H groups in total. The van der Waals surface area contributed by atoms with Gasteiger partial charge in [-0.2, -0.15) is 0 Å². The van der Waals surface area contributed by atoms with Crippen LogP contribution in [0.4, 0.5) is 0 Å². The number of amides is 1. The van der Waals surface area contributed by atoms with Crippen LogP contribution < -0.4 is 11.1 Å². The lowest BCUT2D eigenvalue weighted by molar-refractivity contribution is -0.122. The summed E-state index contributed by atoms with van der Waals surface area (Å²) in [6, 6.07) is 0.124. The molecule has 0 aliphatic heterocycles. The second-order valence-corrected chi connectivity index (χ2v) is 4.00. The summed E-state index contributed by atoms with van der Waals surface area (Å²) in [5.74, 6) is 0.0441. The first-order chi connectivity index (χ1) is 7.74. The van der Waals surface area contributed by atoms with Gasteiger partial charge in [0.2, 0.25) is 5.91 Å². The first-order valence-electron chi connectivity index (χ1n) is 6.31. The smallest absolute Gasteiger partial charge is 0.222 e. The Bertz CT molecular complexity index is 174. The summed E-state index contributed by atoms with van der Waals surface area (Å²) in [6.07, 6.45) is 4.63. The second-order valence-electron chi connectivity index (χ2n) is 4.00. The van der Waals surface area contributed by atoms with E-state index in [0.717, 1.165) is 32.3 Å². The van der Waals surface area contributed by atoms with Gasteiger partial charge in [0.05, 0.1) is 6.61 Å². The summed E-state index contributed by atoms with van der Waals surface area (Å²) in [6.45, 7) is 5.93. The number of hydrogen-bond acceptors (Lipinski definition) is 3. The molecule has 0 aromatic heterocycles. The molecule has 0 aliphatic rings. The molecule has 0 rings (SSSR count). The molecule has 0 bridgehead atoms. The third-order valence-corrected chi connectivity index (χ3v) is 2.38. The van der Waals surface area contributed by atoms with Gasteiger partial charge >= 0.3 is 0 Å². The molecule has 0 saturated heterocycles. The van der Waals surface area contributed by atoms with E-state index in [-0.39, 0.29) is 11.9 Å². The van der Waals surface area contributed by atoms with Gasteiger partial charge in [0.25, 0.3) is 0 Å². The van der Waals surface area contributed by atoms with Crippen molar-refractivity contribution >= 4 is 5.91 Å². The summed E-state index contributed by atoms with van der Waals surface area (Å²) in [5.41, 5.74) is 5.59. The lowest BCUT2D eigenvalue weighted by Crippen LogP contribution is -2.40. The topological polar surface area (TPSA) is 64.3 Å². The zero-order chi connectivity index (χ0) is 12.2. The summed E-state index contributed by atoms with van der Waals surface area (Å²) >= 11 is 0. The summed E-state index contributed by atoms with van der Waals surface area (Å²) in [4.78, 5) is 11.5. The van der Waals surface area contributed by atoms with Gasteiger partial charge in [-0.15, -0.1) is 0 Å². The molecule has 0 aliphatic carbocycles. The van der Waals surface area contributed by atoms with Gasteiger partial charge in [-0.1, -0.05) is 26.7 Å². The zero-order valence-electron chi connectivity index (χ0n) is 10.6. The molecule has 1 atom stereocenters. The minimum absolute atomic E-state index is 0.0441. The third kappa shape index (κ3) is 8.68. The van der Waals surface area contributed by atoms with Crippen molar-refractivity contribution < 1.29 is 9.53 Å². The van der Waals surface area contributed by atoms with Gasteiger partial charge in [-0.3, -0.25) is 4.79 Å². The minimum Gasteiger partial charge on any atom is -0.381 e. The molecule has 0 saturated carbocycles. The van der Waals surface area contributed by atoms with Crippen LogP contribution in [0, 0.1) is 0 Å². The molecule has 4 heteroatoms. The monoisotopic (exact) mass is 230 g/mol. The van der Waals surface area contributed by atoms with E-state index >= 15 is 0 Å². The van der Waals surface area contributed by atoms with E-state index < -0.39 is 0 Å². The van der Waals surface area contributed by atoms with E-state index in [1.54, 1.807) is 0 Å².